The van der Waals surface area contributed by atoms with Crippen LogP contribution in [-0.4, -0.2) is 61.5 Å². The fourth-order valence-electron chi connectivity index (χ4n) is 3.31. The number of piperidine rings is 1. The van der Waals surface area contributed by atoms with Crippen LogP contribution in [0.4, 0.5) is 0 Å². The van der Waals surface area contributed by atoms with E-state index in [9.17, 15) is 4.79 Å². The molecule has 0 saturated carbocycles. The molecule has 0 aromatic carbocycles. The largest absolute Gasteiger partial charge is 0.344 e. The van der Waals surface area contributed by atoms with Crippen LogP contribution in [0.5, 0.6) is 0 Å². The molecule has 0 aromatic heterocycles. The summed E-state index contributed by atoms with van der Waals surface area (Å²) in [5.74, 6) is 0.924. The maximum atomic E-state index is 12.5. The van der Waals surface area contributed by atoms with Crippen molar-refractivity contribution in [1.29, 1.82) is 0 Å². The van der Waals surface area contributed by atoms with E-state index in [1.54, 1.807) is 0 Å². The molecule has 0 radical (unpaired) electrons. The van der Waals surface area contributed by atoms with Crippen molar-refractivity contribution in [3.63, 3.8) is 0 Å². The highest BCUT2D eigenvalue weighted by molar-refractivity contribution is 5.85. The second kappa shape index (κ2) is 5.57. The Morgan fingerprint density at radius 1 is 1.50 bits per heavy atom. The molecule has 18 heavy (non-hydrogen) atoms. The number of hydrogen-bond donors (Lipinski definition) is 1. The molecule has 2 heterocycles. The fourth-order valence-corrected chi connectivity index (χ4v) is 3.31. The quantitative estimate of drug-likeness (QED) is 0.813. The van der Waals surface area contributed by atoms with Gasteiger partial charge < -0.3 is 15.1 Å². The number of amides is 1. The normalized spacial score (nSPS) is 33.6. The number of carbonyl (C=O) groups excluding carboxylic acids is 1. The summed E-state index contributed by atoms with van der Waals surface area (Å²) in [6.07, 6.45) is 4.55. The number of nitrogens with one attached hydrogen (secondary N) is 1. The van der Waals surface area contributed by atoms with Gasteiger partial charge in [0.15, 0.2) is 0 Å². The van der Waals surface area contributed by atoms with E-state index < -0.39 is 0 Å². The van der Waals surface area contributed by atoms with Crippen molar-refractivity contribution in [2.45, 2.75) is 38.1 Å². The van der Waals surface area contributed by atoms with E-state index in [2.05, 4.69) is 24.2 Å². The number of nitrogens with zero attached hydrogens (tertiary/aromatic N) is 2. The highest BCUT2D eigenvalue weighted by Gasteiger charge is 2.37. The fraction of sp³-hybridized carbons (Fsp3) is 0.929. The van der Waals surface area contributed by atoms with Gasteiger partial charge in [-0.25, -0.2) is 0 Å². The Kier molecular flexibility index (Phi) is 4.28. The topological polar surface area (TPSA) is 35.6 Å². The maximum Gasteiger partial charge on any atom is 0.242 e. The van der Waals surface area contributed by atoms with Gasteiger partial charge >= 0.3 is 0 Å². The summed E-state index contributed by atoms with van der Waals surface area (Å²) in [5, 5.41) is 3.41. The summed E-state index contributed by atoms with van der Waals surface area (Å²) in [6, 6.07) is 0. The van der Waals surface area contributed by atoms with Crippen molar-refractivity contribution < 1.29 is 4.79 Å². The van der Waals surface area contributed by atoms with Crippen LogP contribution < -0.4 is 5.32 Å². The van der Waals surface area contributed by atoms with Gasteiger partial charge in [0.05, 0.1) is 5.54 Å². The SMILES string of the molecule is CN1CCC(CN(C)C(=O)C2(C)CCCCN2)C1. The molecule has 0 aliphatic carbocycles. The molecule has 1 amide bonds. The van der Waals surface area contributed by atoms with Gasteiger partial charge in [-0.2, -0.15) is 0 Å². The van der Waals surface area contributed by atoms with Crippen molar-refractivity contribution in [2.75, 3.05) is 40.3 Å². The molecular weight excluding hydrogens is 226 g/mol. The van der Waals surface area contributed by atoms with Crippen LogP contribution in [0, 0.1) is 5.92 Å². The summed E-state index contributed by atoms with van der Waals surface area (Å²) in [7, 11) is 4.12. The van der Waals surface area contributed by atoms with E-state index in [1.165, 1.54) is 19.4 Å². The second-order valence-electron chi connectivity index (χ2n) is 6.32. The zero-order valence-electron chi connectivity index (χ0n) is 12.0. The maximum absolute atomic E-state index is 12.5. The third-order valence-corrected chi connectivity index (χ3v) is 4.46. The lowest BCUT2D eigenvalue weighted by molar-refractivity contribution is -0.137. The first kappa shape index (κ1) is 13.8. The standard InChI is InChI=1S/C14H27N3O/c1-14(7-4-5-8-15-14)13(18)17(3)11-12-6-9-16(2)10-12/h12,15H,4-11H2,1-3H3. The van der Waals surface area contributed by atoms with E-state index in [-0.39, 0.29) is 11.4 Å². The highest BCUT2D eigenvalue weighted by Crippen LogP contribution is 2.22. The van der Waals surface area contributed by atoms with Gasteiger partial charge in [0.1, 0.15) is 0 Å². The smallest absolute Gasteiger partial charge is 0.242 e. The number of likely N-dealkylation sites (N-methyl/N-ethyl adjacent to an activating group) is 1. The van der Waals surface area contributed by atoms with Gasteiger partial charge in [0, 0.05) is 20.1 Å². The van der Waals surface area contributed by atoms with Crippen molar-refractivity contribution >= 4 is 5.91 Å². The first-order chi connectivity index (χ1) is 8.51. The van der Waals surface area contributed by atoms with E-state index >= 15 is 0 Å². The first-order valence-electron chi connectivity index (χ1n) is 7.20. The van der Waals surface area contributed by atoms with Crippen molar-refractivity contribution in [1.82, 2.24) is 15.1 Å². The molecule has 2 aliphatic rings. The van der Waals surface area contributed by atoms with Gasteiger partial charge in [0.2, 0.25) is 5.91 Å². The van der Waals surface area contributed by atoms with Crippen molar-refractivity contribution in [3.05, 3.63) is 0 Å². The average molecular weight is 253 g/mol. The van der Waals surface area contributed by atoms with Gasteiger partial charge in [-0.15, -0.1) is 0 Å². The Morgan fingerprint density at radius 2 is 2.28 bits per heavy atom. The van der Waals surface area contributed by atoms with Crippen molar-refractivity contribution in [2.24, 2.45) is 5.92 Å². The Hall–Kier alpha value is -0.610. The lowest BCUT2D eigenvalue weighted by atomic mass is 9.89. The predicted molar refractivity (Wildman–Crippen MR) is 73.5 cm³/mol. The van der Waals surface area contributed by atoms with Crippen LogP contribution in [0.2, 0.25) is 0 Å². The Labute approximate surface area is 111 Å². The Balaban J connectivity index is 1.87. The molecule has 2 saturated heterocycles. The minimum absolute atomic E-state index is 0.275. The molecule has 4 heteroatoms. The van der Waals surface area contributed by atoms with Crippen LogP contribution >= 0.6 is 0 Å². The first-order valence-corrected chi connectivity index (χ1v) is 7.20. The molecule has 2 fully saturated rings. The monoisotopic (exact) mass is 253 g/mol. The van der Waals surface area contributed by atoms with Crippen molar-refractivity contribution in [3.8, 4) is 0 Å². The van der Waals surface area contributed by atoms with Gasteiger partial charge in [0.25, 0.3) is 0 Å². The summed E-state index contributed by atoms with van der Waals surface area (Å²) in [5.41, 5.74) is -0.322. The number of likely N-dealkylation sites (tertiary alicyclic amines) is 1. The molecule has 2 unspecified atom stereocenters. The van der Waals surface area contributed by atoms with Crippen LogP contribution in [0.25, 0.3) is 0 Å². The molecule has 2 rings (SSSR count). The predicted octanol–water partition coefficient (Wildman–Crippen LogP) is 0.929. The average Bonchev–Trinajstić information content (AvgIpc) is 2.74. The highest BCUT2D eigenvalue weighted by atomic mass is 16.2. The number of carbonyl (C=O) groups is 1. The number of hydrogen-bond acceptors (Lipinski definition) is 3. The molecular formula is C14H27N3O. The zero-order valence-corrected chi connectivity index (χ0v) is 12.0. The van der Waals surface area contributed by atoms with Crippen LogP contribution in [-0.2, 0) is 4.79 Å². The van der Waals surface area contributed by atoms with Gasteiger partial charge in [-0.1, -0.05) is 0 Å². The minimum Gasteiger partial charge on any atom is -0.344 e. The molecule has 0 bridgehead atoms. The molecule has 4 nitrogen and oxygen atoms in total. The molecule has 0 spiro atoms. The summed E-state index contributed by atoms with van der Waals surface area (Å²) in [6.45, 7) is 6.23. The van der Waals surface area contributed by atoms with E-state index in [0.717, 1.165) is 32.5 Å². The Morgan fingerprint density at radius 3 is 2.83 bits per heavy atom. The summed E-state index contributed by atoms with van der Waals surface area (Å²) >= 11 is 0. The van der Waals surface area contributed by atoms with Gasteiger partial charge in [-0.05, 0) is 58.7 Å². The lowest BCUT2D eigenvalue weighted by Crippen LogP contribution is -2.57. The third kappa shape index (κ3) is 3.04. The second-order valence-corrected chi connectivity index (χ2v) is 6.32. The zero-order chi connectivity index (χ0) is 13.2. The molecule has 2 atom stereocenters. The minimum atomic E-state index is -0.322. The summed E-state index contributed by atoms with van der Waals surface area (Å²) in [4.78, 5) is 16.8. The lowest BCUT2D eigenvalue weighted by Gasteiger charge is -2.37. The van der Waals surface area contributed by atoms with Crippen LogP contribution in [0.1, 0.15) is 32.6 Å². The number of rotatable bonds is 3. The van der Waals surface area contributed by atoms with E-state index in [4.69, 9.17) is 0 Å². The van der Waals surface area contributed by atoms with Gasteiger partial charge in [-0.3, -0.25) is 4.79 Å². The van der Waals surface area contributed by atoms with Crippen LogP contribution in [0.3, 0.4) is 0 Å². The molecule has 2 aliphatic heterocycles. The summed E-state index contributed by atoms with van der Waals surface area (Å²) < 4.78 is 0. The Bertz CT molecular complexity index is 299. The van der Waals surface area contributed by atoms with E-state index in [1.807, 2.05) is 11.9 Å². The molecule has 0 aromatic rings. The third-order valence-electron chi connectivity index (χ3n) is 4.46. The molecule has 104 valence electrons. The van der Waals surface area contributed by atoms with E-state index in [0.29, 0.717) is 5.92 Å². The molecule has 1 N–H and O–H groups in total. The van der Waals surface area contributed by atoms with Crippen LogP contribution in [0.15, 0.2) is 0 Å².